The Kier molecular flexibility index (Phi) is 4.63. The number of hydrogen-bond acceptors (Lipinski definition) is 4. The van der Waals surface area contributed by atoms with Crippen LogP contribution in [0.2, 0.25) is 0 Å². The van der Waals surface area contributed by atoms with Crippen LogP contribution in [0.4, 0.5) is 5.69 Å². The lowest BCUT2D eigenvalue weighted by Crippen LogP contribution is -2.00. The van der Waals surface area contributed by atoms with Crippen LogP contribution >= 0.6 is 0 Å². The highest BCUT2D eigenvalue weighted by Gasteiger charge is 2.11. The number of sulfone groups is 1. The van der Waals surface area contributed by atoms with Crippen molar-refractivity contribution < 1.29 is 13.3 Å². The zero-order valence-electron chi connectivity index (χ0n) is 13.2. The standard InChI is InChI=1S/C19H15NO4S/c21-20(22)18-10-8-15(9-11-18)12-13-25(23,24)14-17-6-3-5-16-4-1-2-7-19(16)17/h1-13H,14H2. The smallest absolute Gasteiger partial charge is 0.258 e. The average molecular weight is 353 g/mol. The van der Waals surface area contributed by atoms with Gasteiger partial charge in [0.2, 0.25) is 0 Å². The molecule has 0 amide bonds. The monoisotopic (exact) mass is 353 g/mol. The molecular weight excluding hydrogens is 338 g/mol. The Morgan fingerprint density at radius 3 is 2.32 bits per heavy atom. The summed E-state index contributed by atoms with van der Waals surface area (Å²) in [6.07, 6.45) is 1.45. The molecule has 0 aliphatic carbocycles. The Labute approximate surface area is 145 Å². The van der Waals surface area contributed by atoms with Gasteiger partial charge in [-0.25, -0.2) is 8.42 Å². The molecule has 0 radical (unpaired) electrons. The number of nitro groups is 1. The van der Waals surface area contributed by atoms with Gasteiger partial charge in [0.25, 0.3) is 5.69 Å². The fraction of sp³-hybridized carbons (Fsp3) is 0.0526. The van der Waals surface area contributed by atoms with Crippen LogP contribution in [0.5, 0.6) is 0 Å². The molecular formula is C19H15NO4S. The molecule has 0 saturated carbocycles. The summed E-state index contributed by atoms with van der Waals surface area (Å²) in [5.41, 5.74) is 1.30. The summed E-state index contributed by atoms with van der Waals surface area (Å²) in [5, 5.41) is 13.7. The number of rotatable bonds is 5. The fourth-order valence-corrected chi connectivity index (χ4v) is 3.72. The summed E-state index contributed by atoms with van der Waals surface area (Å²) in [7, 11) is -3.47. The maximum atomic E-state index is 12.4. The van der Waals surface area contributed by atoms with Gasteiger partial charge in [0.05, 0.1) is 10.7 Å². The molecule has 0 aromatic heterocycles. The second kappa shape index (κ2) is 6.86. The Hall–Kier alpha value is -2.99. The minimum atomic E-state index is -3.47. The highest BCUT2D eigenvalue weighted by molar-refractivity contribution is 7.93. The molecule has 0 spiro atoms. The molecule has 3 aromatic rings. The van der Waals surface area contributed by atoms with Crippen LogP contribution in [0.1, 0.15) is 11.1 Å². The molecule has 3 aromatic carbocycles. The van der Waals surface area contributed by atoms with Crippen molar-refractivity contribution >= 4 is 32.4 Å². The number of fused-ring (bicyclic) bond motifs is 1. The van der Waals surface area contributed by atoms with Crippen molar-refractivity contribution in [2.24, 2.45) is 0 Å². The van der Waals surface area contributed by atoms with E-state index in [9.17, 15) is 18.5 Å². The van der Waals surface area contributed by atoms with Gasteiger partial charge in [0, 0.05) is 17.5 Å². The first-order chi connectivity index (χ1) is 11.9. The molecule has 0 fully saturated rings. The van der Waals surface area contributed by atoms with Crippen molar-refractivity contribution in [2.75, 3.05) is 0 Å². The lowest BCUT2D eigenvalue weighted by Gasteiger charge is -2.05. The van der Waals surface area contributed by atoms with E-state index in [1.807, 2.05) is 36.4 Å². The van der Waals surface area contributed by atoms with E-state index >= 15 is 0 Å². The van der Waals surface area contributed by atoms with Crippen LogP contribution < -0.4 is 0 Å². The van der Waals surface area contributed by atoms with E-state index in [0.29, 0.717) is 5.56 Å². The normalized spacial score (nSPS) is 11.8. The number of benzene rings is 3. The summed E-state index contributed by atoms with van der Waals surface area (Å²) in [6, 6.07) is 18.9. The van der Waals surface area contributed by atoms with Crippen LogP contribution in [0.15, 0.2) is 72.1 Å². The van der Waals surface area contributed by atoms with Gasteiger partial charge in [-0.2, -0.15) is 0 Å². The summed E-state index contributed by atoms with van der Waals surface area (Å²) in [4.78, 5) is 10.1. The molecule has 0 saturated heterocycles. The summed E-state index contributed by atoms with van der Waals surface area (Å²) in [5.74, 6) is -0.0994. The van der Waals surface area contributed by atoms with Gasteiger partial charge in [-0.1, -0.05) is 42.5 Å². The number of nitrogens with zero attached hydrogens (tertiary/aromatic N) is 1. The van der Waals surface area contributed by atoms with Gasteiger partial charge in [0.1, 0.15) is 0 Å². The van der Waals surface area contributed by atoms with E-state index in [1.54, 1.807) is 6.07 Å². The molecule has 0 bridgehead atoms. The van der Waals surface area contributed by atoms with Gasteiger partial charge < -0.3 is 0 Å². The highest BCUT2D eigenvalue weighted by atomic mass is 32.2. The SMILES string of the molecule is O=[N+]([O-])c1ccc(C=CS(=O)(=O)Cc2cccc3ccccc23)cc1. The number of nitro benzene ring substituents is 1. The Balaban J connectivity index is 1.83. The van der Waals surface area contributed by atoms with Crippen LogP contribution in [0.3, 0.4) is 0 Å². The first kappa shape index (κ1) is 16.9. The van der Waals surface area contributed by atoms with Crippen LogP contribution in [0, 0.1) is 10.1 Å². The molecule has 0 N–H and O–H groups in total. The lowest BCUT2D eigenvalue weighted by molar-refractivity contribution is -0.384. The van der Waals surface area contributed by atoms with Crippen molar-refractivity contribution in [3.8, 4) is 0 Å². The number of non-ortho nitro benzene ring substituents is 1. The average Bonchev–Trinajstić information content (AvgIpc) is 2.60. The van der Waals surface area contributed by atoms with Crippen LogP contribution in [-0.2, 0) is 15.6 Å². The zero-order chi connectivity index (χ0) is 17.9. The second-order valence-electron chi connectivity index (χ2n) is 5.60. The predicted octanol–water partition coefficient (Wildman–Crippen LogP) is 4.33. The van der Waals surface area contributed by atoms with E-state index in [0.717, 1.165) is 21.7 Å². The molecule has 5 nitrogen and oxygen atoms in total. The van der Waals surface area contributed by atoms with Gasteiger partial charge >= 0.3 is 0 Å². The number of hydrogen-bond donors (Lipinski definition) is 0. The minimum absolute atomic E-state index is 0.0317. The van der Waals surface area contributed by atoms with Crippen molar-refractivity contribution in [1.29, 1.82) is 0 Å². The molecule has 0 heterocycles. The third kappa shape index (κ3) is 4.10. The van der Waals surface area contributed by atoms with Crippen LogP contribution in [0.25, 0.3) is 16.8 Å². The van der Waals surface area contributed by atoms with Gasteiger partial charge in [0.15, 0.2) is 9.84 Å². The van der Waals surface area contributed by atoms with Crippen molar-refractivity contribution in [1.82, 2.24) is 0 Å². The van der Waals surface area contributed by atoms with Gasteiger partial charge in [-0.15, -0.1) is 0 Å². The van der Waals surface area contributed by atoms with Crippen molar-refractivity contribution in [2.45, 2.75) is 5.75 Å². The third-order valence-corrected chi connectivity index (χ3v) is 5.07. The first-order valence-electron chi connectivity index (χ1n) is 7.56. The predicted molar refractivity (Wildman–Crippen MR) is 98.7 cm³/mol. The quantitative estimate of drug-likeness (QED) is 0.505. The summed E-state index contributed by atoms with van der Waals surface area (Å²) >= 11 is 0. The Morgan fingerprint density at radius 1 is 0.920 bits per heavy atom. The first-order valence-corrected chi connectivity index (χ1v) is 9.28. The largest absolute Gasteiger partial charge is 0.269 e. The van der Waals surface area contributed by atoms with E-state index in [4.69, 9.17) is 0 Å². The molecule has 0 aliphatic heterocycles. The maximum Gasteiger partial charge on any atom is 0.269 e. The van der Waals surface area contributed by atoms with Crippen molar-refractivity contribution in [3.05, 3.63) is 93.4 Å². The third-order valence-electron chi connectivity index (χ3n) is 3.81. The molecule has 0 unspecified atom stereocenters. The van der Waals surface area contributed by atoms with Gasteiger partial charge in [-0.05, 0) is 40.1 Å². The lowest BCUT2D eigenvalue weighted by atomic mass is 10.1. The molecule has 25 heavy (non-hydrogen) atoms. The van der Waals surface area contributed by atoms with Crippen LogP contribution in [-0.4, -0.2) is 13.3 Å². The van der Waals surface area contributed by atoms with Gasteiger partial charge in [-0.3, -0.25) is 10.1 Å². The maximum absolute atomic E-state index is 12.4. The van der Waals surface area contributed by atoms with E-state index in [1.165, 1.54) is 30.3 Å². The molecule has 3 rings (SSSR count). The van der Waals surface area contributed by atoms with Crippen molar-refractivity contribution in [3.63, 3.8) is 0 Å². The zero-order valence-corrected chi connectivity index (χ0v) is 14.0. The van der Waals surface area contributed by atoms with E-state index in [2.05, 4.69) is 0 Å². The topological polar surface area (TPSA) is 77.3 Å². The summed E-state index contributed by atoms with van der Waals surface area (Å²) < 4.78 is 24.8. The molecule has 126 valence electrons. The molecule has 0 aliphatic rings. The Bertz CT molecular complexity index is 1050. The molecule has 6 heteroatoms. The fourth-order valence-electron chi connectivity index (χ4n) is 2.57. The minimum Gasteiger partial charge on any atom is -0.258 e. The van der Waals surface area contributed by atoms with E-state index in [-0.39, 0.29) is 11.4 Å². The summed E-state index contributed by atoms with van der Waals surface area (Å²) in [6.45, 7) is 0. The second-order valence-corrected chi connectivity index (χ2v) is 7.48. The highest BCUT2D eigenvalue weighted by Crippen LogP contribution is 2.21. The Morgan fingerprint density at radius 2 is 1.60 bits per heavy atom. The molecule has 0 atom stereocenters. The van der Waals surface area contributed by atoms with E-state index < -0.39 is 14.8 Å².